The van der Waals surface area contributed by atoms with Gasteiger partial charge in [0, 0.05) is 11.6 Å². The largest absolute Gasteiger partial charge is 0.454 e. The lowest BCUT2D eigenvalue weighted by Crippen LogP contribution is -2.31. The summed E-state index contributed by atoms with van der Waals surface area (Å²) in [6, 6.07) is 0. The van der Waals surface area contributed by atoms with Gasteiger partial charge < -0.3 is 15.4 Å². The molecular formula is C19H34BNO3. The Morgan fingerprint density at radius 3 is 2.46 bits per heavy atom. The van der Waals surface area contributed by atoms with Crippen LogP contribution in [0.25, 0.3) is 0 Å². The zero-order valence-corrected chi connectivity index (χ0v) is 15.0. The van der Waals surface area contributed by atoms with Crippen LogP contribution in [0.1, 0.15) is 89.9 Å². The minimum atomic E-state index is -1.25. The van der Waals surface area contributed by atoms with E-state index in [1.807, 2.05) is 0 Å². The molecule has 2 unspecified atom stereocenters. The molecule has 5 heteroatoms. The lowest BCUT2D eigenvalue weighted by molar-refractivity contribution is -0.124. The van der Waals surface area contributed by atoms with Crippen molar-refractivity contribution in [3.63, 3.8) is 0 Å². The normalized spacial score (nSPS) is 29.5. The maximum absolute atomic E-state index is 12.7. The molecule has 0 aromatic heterocycles. The topological polar surface area (TPSA) is 69.6 Å². The molecule has 0 aromatic carbocycles. The number of allylic oxidation sites excluding steroid dienone is 2. The van der Waals surface area contributed by atoms with Gasteiger partial charge in [0.1, 0.15) is 0 Å². The lowest BCUT2D eigenvalue weighted by Gasteiger charge is -2.19. The van der Waals surface area contributed by atoms with Crippen LogP contribution >= 0.6 is 0 Å². The van der Waals surface area contributed by atoms with Gasteiger partial charge in [-0.15, -0.1) is 0 Å². The Morgan fingerprint density at radius 1 is 0.917 bits per heavy atom. The number of rotatable bonds is 3. The molecule has 2 atom stereocenters. The van der Waals surface area contributed by atoms with E-state index in [9.17, 15) is 14.8 Å². The highest BCUT2D eigenvalue weighted by Crippen LogP contribution is 2.30. The van der Waals surface area contributed by atoms with Gasteiger partial charge in [-0.2, -0.15) is 0 Å². The summed E-state index contributed by atoms with van der Waals surface area (Å²) in [5.41, 5.74) is 1.11. The molecule has 0 aromatic rings. The zero-order valence-electron chi connectivity index (χ0n) is 15.0. The summed E-state index contributed by atoms with van der Waals surface area (Å²) < 4.78 is 0. The average Bonchev–Trinajstić information content (AvgIpc) is 2.76. The first-order chi connectivity index (χ1) is 11.7. The van der Waals surface area contributed by atoms with E-state index in [1.165, 1.54) is 25.7 Å². The first-order valence-corrected chi connectivity index (χ1v) is 10.0. The fraction of sp³-hybridized carbons (Fsp3) is 0.842. The standard InChI is InChI=1S/C19H34BNO3/c22-19(21-18-12-8-3-1-2-4-9-13-18)16-10-6-5-7-11-17(15-14-16)20(23)24/h12,16-17,23-24H,1-11,13-15H2,(H,21,22)/b18-12+. The Morgan fingerprint density at radius 2 is 1.62 bits per heavy atom. The Hall–Kier alpha value is -0.805. The number of carbonyl (C=O) groups is 1. The molecule has 136 valence electrons. The maximum Gasteiger partial charge on any atom is 0.454 e. The van der Waals surface area contributed by atoms with Crippen LogP contribution in [0.15, 0.2) is 11.8 Å². The van der Waals surface area contributed by atoms with E-state index in [0.717, 1.165) is 69.9 Å². The Balaban J connectivity index is 1.90. The molecule has 2 aliphatic rings. The predicted octanol–water partition coefficient (Wildman–Crippen LogP) is 3.93. The van der Waals surface area contributed by atoms with Crippen LogP contribution in [-0.2, 0) is 4.79 Å². The van der Waals surface area contributed by atoms with Crippen molar-refractivity contribution in [1.29, 1.82) is 0 Å². The van der Waals surface area contributed by atoms with Gasteiger partial charge in [-0.3, -0.25) is 4.79 Å². The van der Waals surface area contributed by atoms with Crippen molar-refractivity contribution in [3.05, 3.63) is 11.8 Å². The predicted molar refractivity (Wildman–Crippen MR) is 98.3 cm³/mol. The highest BCUT2D eigenvalue weighted by atomic mass is 16.4. The Labute approximate surface area is 147 Å². The molecule has 0 spiro atoms. The van der Waals surface area contributed by atoms with E-state index >= 15 is 0 Å². The quantitative estimate of drug-likeness (QED) is 0.684. The van der Waals surface area contributed by atoms with Crippen molar-refractivity contribution in [2.75, 3.05) is 0 Å². The highest BCUT2D eigenvalue weighted by molar-refractivity contribution is 6.43. The van der Waals surface area contributed by atoms with Crippen LogP contribution < -0.4 is 5.32 Å². The summed E-state index contributed by atoms with van der Waals surface area (Å²) in [6.45, 7) is 0. The molecule has 1 saturated carbocycles. The molecule has 0 radical (unpaired) electrons. The second-order valence-corrected chi connectivity index (χ2v) is 7.61. The second kappa shape index (κ2) is 10.9. The smallest absolute Gasteiger partial charge is 0.427 e. The zero-order chi connectivity index (χ0) is 17.2. The van der Waals surface area contributed by atoms with Gasteiger partial charge in [0.25, 0.3) is 0 Å². The highest BCUT2D eigenvalue weighted by Gasteiger charge is 2.27. The van der Waals surface area contributed by atoms with Crippen LogP contribution in [0.3, 0.4) is 0 Å². The lowest BCUT2D eigenvalue weighted by atomic mass is 9.67. The number of amides is 1. The molecule has 0 saturated heterocycles. The first-order valence-electron chi connectivity index (χ1n) is 10.0. The molecule has 0 aliphatic heterocycles. The van der Waals surface area contributed by atoms with E-state index < -0.39 is 7.12 Å². The monoisotopic (exact) mass is 335 g/mol. The van der Waals surface area contributed by atoms with Crippen molar-refractivity contribution in [2.45, 2.75) is 95.7 Å². The number of carbonyl (C=O) groups excluding carboxylic acids is 1. The molecule has 24 heavy (non-hydrogen) atoms. The van der Waals surface area contributed by atoms with Crippen molar-refractivity contribution in [2.24, 2.45) is 5.92 Å². The molecule has 2 rings (SSSR count). The third-order valence-corrected chi connectivity index (χ3v) is 5.63. The number of nitrogens with one attached hydrogen (secondary N) is 1. The first kappa shape index (κ1) is 19.5. The van der Waals surface area contributed by atoms with Crippen LogP contribution in [0, 0.1) is 5.92 Å². The van der Waals surface area contributed by atoms with Gasteiger partial charge >= 0.3 is 7.12 Å². The summed E-state index contributed by atoms with van der Waals surface area (Å²) in [4.78, 5) is 12.7. The summed E-state index contributed by atoms with van der Waals surface area (Å²) in [5, 5.41) is 22.2. The second-order valence-electron chi connectivity index (χ2n) is 7.61. The fourth-order valence-electron chi connectivity index (χ4n) is 3.98. The Kier molecular flexibility index (Phi) is 8.89. The average molecular weight is 335 g/mol. The minimum Gasteiger partial charge on any atom is -0.427 e. The Bertz CT molecular complexity index is 411. The fourth-order valence-corrected chi connectivity index (χ4v) is 3.98. The third-order valence-electron chi connectivity index (χ3n) is 5.63. The van der Waals surface area contributed by atoms with Gasteiger partial charge in [0.05, 0.1) is 0 Å². The van der Waals surface area contributed by atoms with Gasteiger partial charge in [0.15, 0.2) is 0 Å². The molecule has 0 heterocycles. The molecule has 1 amide bonds. The van der Waals surface area contributed by atoms with E-state index in [-0.39, 0.29) is 17.6 Å². The van der Waals surface area contributed by atoms with Crippen molar-refractivity contribution in [3.8, 4) is 0 Å². The van der Waals surface area contributed by atoms with Crippen molar-refractivity contribution >= 4 is 13.0 Å². The van der Waals surface area contributed by atoms with Gasteiger partial charge in [-0.25, -0.2) is 0 Å². The molecular weight excluding hydrogens is 301 g/mol. The summed E-state index contributed by atoms with van der Waals surface area (Å²) >= 11 is 0. The molecule has 0 bridgehead atoms. The van der Waals surface area contributed by atoms with E-state index in [0.29, 0.717) is 0 Å². The summed E-state index contributed by atoms with van der Waals surface area (Å²) in [7, 11) is -1.25. The number of hydrogen-bond donors (Lipinski definition) is 3. The van der Waals surface area contributed by atoms with Gasteiger partial charge in [0.2, 0.25) is 5.91 Å². The summed E-state index contributed by atoms with van der Waals surface area (Å²) in [6.07, 6.45) is 17.0. The summed E-state index contributed by atoms with van der Waals surface area (Å²) in [5.74, 6) is 0.0778. The van der Waals surface area contributed by atoms with Crippen LogP contribution in [-0.4, -0.2) is 23.1 Å². The van der Waals surface area contributed by atoms with Crippen LogP contribution in [0.4, 0.5) is 0 Å². The molecule has 1 fully saturated rings. The molecule has 2 aliphatic carbocycles. The van der Waals surface area contributed by atoms with Crippen molar-refractivity contribution < 1.29 is 14.8 Å². The van der Waals surface area contributed by atoms with Crippen LogP contribution in [0.5, 0.6) is 0 Å². The minimum absolute atomic E-state index is 0.0119. The van der Waals surface area contributed by atoms with Gasteiger partial charge in [-0.05, 0) is 44.3 Å². The van der Waals surface area contributed by atoms with E-state index in [1.54, 1.807) is 0 Å². The van der Waals surface area contributed by atoms with E-state index in [2.05, 4.69) is 11.4 Å². The third kappa shape index (κ3) is 6.98. The molecule has 4 nitrogen and oxygen atoms in total. The van der Waals surface area contributed by atoms with Crippen molar-refractivity contribution in [1.82, 2.24) is 5.32 Å². The maximum atomic E-state index is 12.7. The molecule has 3 N–H and O–H groups in total. The van der Waals surface area contributed by atoms with Gasteiger partial charge in [-0.1, -0.05) is 57.4 Å². The van der Waals surface area contributed by atoms with E-state index in [4.69, 9.17) is 0 Å². The van der Waals surface area contributed by atoms with Crippen LogP contribution in [0.2, 0.25) is 5.82 Å². The SMILES string of the molecule is O=C(N/C1=C/CCCCCCC1)C1CCCCCC(B(O)O)CC1. The number of hydrogen-bond acceptors (Lipinski definition) is 3.